The minimum atomic E-state index is 0.181. The lowest BCUT2D eigenvalue weighted by atomic mass is 9.96. The second-order valence-electron chi connectivity index (χ2n) is 4.51. The second-order valence-corrected chi connectivity index (χ2v) is 5.44. The maximum absolute atomic E-state index is 6.33. The summed E-state index contributed by atoms with van der Waals surface area (Å²) in [5, 5.41) is 5.38. The first-order valence-corrected chi connectivity index (χ1v) is 6.88. The summed E-state index contributed by atoms with van der Waals surface area (Å²) in [4.78, 5) is 0. The van der Waals surface area contributed by atoms with Crippen molar-refractivity contribution in [3.05, 3.63) is 16.4 Å². The van der Waals surface area contributed by atoms with Crippen LogP contribution in [0.2, 0.25) is 5.02 Å². The molecular weight excluding hydrogens is 259 g/mol. The fourth-order valence-corrected chi connectivity index (χ4v) is 2.73. The summed E-state index contributed by atoms with van der Waals surface area (Å²) in [6.45, 7) is 6.34. The Morgan fingerprint density at radius 2 is 2.29 bits per heavy atom. The summed E-state index contributed by atoms with van der Waals surface area (Å²) in [5.74, 6) is 0.337. The Morgan fingerprint density at radius 3 is 2.94 bits per heavy atom. The highest BCUT2D eigenvalue weighted by atomic mass is 35.5. The fourth-order valence-electron chi connectivity index (χ4n) is 2.27. The van der Waals surface area contributed by atoms with E-state index in [2.05, 4.69) is 12.0 Å². The SMILES string of the molecule is CCn1nc(C)c(Cl)c1CC1COCCC1Cl. The highest BCUT2D eigenvalue weighted by Gasteiger charge is 2.26. The molecule has 2 heterocycles. The summed E-state index contributed by atoms with van der Waals surface area (Å²) < 4.78 is 7.46. The molecule has 1 saturated heterocycles. The molecule has 17 heavy (non-hydrogen) atoms. The number of hydrogen-bond donors (Lipinski definition) is 0. The van der Waals surface area contributed by atoms with Gasteiger partial charge in [-0.1, -0.05) is 11.6 Å². The standard InChI is InChI=1S/C12H18Cl2N2O/c1-3-16-11(12(14)8(2)15-16)6-9-7-17-5-4-10(9)13/h9-10H,3-7H2,1-2H3. The molecule has 2 rings (SSSR count). The topological polar surface area (TPSA) is 27.1 Å². The maximum Gasteiger partial charge on any atom is 0.0847 e. The third-order valence-electron chi connectivity index (χ3n) is 3.29. The lowest BCUT2D eigenvalue weighted by molar-refractivity contribution is 0.0571. The van der Waals surface area contributed by atoms with E-state index >= 15 is 0 Å². The Bertz CT molecular complexity index is 392. The summed E-state index contributed by atoms with van der Waals surface area (Å²) in [5.41, 5.74) is 1.99. The van der Waals surface area contributed by atoms with Gasteiger partial charge in [0, 0.05) is 24.4 Å². The van der Waals surface area contributed by atoms with E-state index in [9.17, 15) is 0 Å². The molecule has 5 heteroatoms. The molecule has 1 aromatic rings. The van der Waals surface area contributed by atoms with Crippen LogP contribution in [0.5, 0.6) is 0 Å². The molecule has 0 N–H and O–H groups in total. The molecule has 0 amide bonds. The number of rotatable bonds is 3. The van der Waals surface area contributed by atoms with Crippen molar-refractivity contribution in [3.8, 4) is 0 Å². The zero-order chi connectivity index (χ0) is 12.4. The average Bonchev–Trinajstić information content (AvgIpc) is 2.59. The Balaban J connectivity index is 2.16. The summed E-state index contributed by atoms with van der Waals surface area (Å²) in [6.07, 6.45) is 1.77. The zero-order valence-electron chi connectivity index (χ0n) is 10.2. The van der Waals surface area contributed by atoms with Crippen molar-refractivity contribution in [2.24, 2.45) is 5.92 Å². The highest BCUT2D eigenvalue weighted by molar-refractivity contribution is 6.31. The third-order valence-corrected chi connectivity index (χ3v) is 4.36. The van der Waals surface area contributed by atoms with Crippen LogP contribution in [-0.2, 0) is 17.7 Å². The van der Waals surface area contributed by atoms with Gasteiger partial charge in [0.15, 0.2) is 0 Å². The summed E-state index contributed by atoms with van der Waals surface area (Å²) in [7, 11) is 0. The molecule has 1 aliphatic rings. The first kappa shape index (κ1) is 13.2. The Morgan fingerprint density at radius 1 is 1.53 bits per heavy atom. The maximum atomic E-state index is 6.33. The number of aryl methyl sites for hydroxylation is 2. The van der Waals surface area contributed by atoms with Crippen molar-refractivity contribution in [2.45, 2.75) is 38.6 Å². The van der Waals surface area contributed by atoms with Gasteiger partial charge in [0.1, 0.15) is 0 Å². The molecule has 0 spiro atoms. The normalized spacial score (nSPS) is 25.2. The predicted molar refractivity (Wildman–Crippen MR) is 69.9 cm³/mol. The van der Waals surface area contributed by atoms with E-state index in [0.717, 1.165) is 49.0 Å². The molecule has 0 radical (unpaired) electrons. The van der Waals surface area contributed by atoms with Gasteiger partial charge >= 0.3 is 0 Å². The fraction of sp³-hybridized carbons (Fsp3) is 0.750. The molecule has 0 saturated carbocycles. The van der Waals surface area contributed by atoms with E-state index in [1.165, 1.54) is 0 Å². The lowest BCUT2D eigenvalue weighted by Gasteiger charge is -2.27. The molecular formula is C12H18Cl2N2O. The first-order chi connectivity index (χ1) is 8.13. The Kier molecular flexibility index (Phi) is 4.34. The Hall–Kier alpha value is -0.250. The summed E-state index contributed by atoms with van der Waals surface area (Å²) >= 11 is 12.6. The number of halogens is 2. The number of aromatic nitrogens is 2. The number of alkyl halides is 1. The van der Waals surface area contributed by atoms with Gasteiger partial charge in [-0.05, 0) is 26.7 Å². The van der Waals surface area contributed by atoms with Crippen molar-refractivity contribution < 1.29 is 4.74 Å². The van der Waals surface area contributed by atoms with Crippen molar-refractivity contribution in [3.63, 3.8) is 0 Å². The third kappa shape index (κ3) is 2.78. The van der Waals surface area contributed by atoms with Gasteiger partial charge in [-0.3, -0.25) is 4.68 Å². The second kappa shape index (κ2) is 5.59. The number of nitrogens with zero attached hydrogens (tertiary/aromatic N) is 2. The molecule has 0 aromatic carbocycles. The summed E-state index contributed by atoms with van der Waals surface area (Å²) in [6, 6.07) is 0. The quantitative estimate of drug-likeness (QED) is 0.794. The molecule has 0 bridgehead atoms. The van der Waals surface area contributed by atoms with Crippen molar-refractivity contribution in [2.75, 3.05) is 13.2 Å². The molecule has 0 aliphatic carbocycles. The van der Waals surface area contributed by atoms with Crippen molar-refractivity contribution in [1.82, 2.24) is 9.78 Å². The number of ether oxygens (including phenoxy) is 1. The van der Waals surface area contributed by atoms with Crippen LogP contribution in [0.1, 0.15) is 24.7 Å². The van der Waals surface area contributed by atoms with E-state index in [0.29, 0.717) is 5.92 Å². The van der Waals surface area contributed by atoms with Gasteiger partial charge in [-0.15, -0.1) is 11.6 Å². The predicted octanol–water partition coefficient (Wildman–Crippen LogP) is 3.05. The average molecular weight is 277 g/mol. The van der Waals surface area contributed by atoms with Crippen LogP contribution in [0, 0.1) is 12.8 Å². The van der Waals surface area contributed by atoms with Crippen LogP contribution in [0.3, 0.4) is 0 Å². The molecule has 3 nitrogen and oxygen atoms in total. The molecule has 1 aromatic heterocycles. The molecule has 2 unspecified atom stereocenters. The van der Waals surface area contributed by atoms with Crippen LogP contribution < -0.4 is 0 Å². The zero-order valence-corrected chi connectivity index (χ0v) is 11.8. The largest absolute Gasteiger partial charge is 0.381 e. The van der Waals surface area contributed by atoms with E-state index in [1.54, 1.807) is 0 Å². The van der Waals surface area contributed by atoms with Gasteiger partial charge < -0.3 is 4.74 Å². The van der Waals surface area contributed by atoms with Gasteiger partial charge in [0.25, 0.3) is 0 Å². The smallest absolute Gasteiger partial charge is 0.0847 e. The van der Waals surface area contributed by atoms with E-state index in [1.807, 2.05) is 11.6 Å². The van der Waals surface area contributed by atoms with Gasteiger partial charge in [-0.25, -0.2) is 0 Å². The first-order valence-electron chi connectivity index (χ1n) is 6.07. The minimum absolute atomic E-state index is 0.181. The van der Waals surface area contributed by atoms with Gasteiger partial charge in [0.2, 0.25) is 0 Å². The van der Waals surface area contributed by atoms with E-state index in [4.69, 9.17) is 27.9 Å². The molecule has 2 atom stereocenters. The highest BCUT2D eigenvalue weighted by Crippen LogP contribution is 2.28. The molecule has 96 valence electrons. The molecule has 1 aliphatic heterocycles. The van der Waals surface area contributed by atoms with Crippen LogP contribution >= 0.6 is 23.2 Å². The van der Waals surface area contributed by atoms with Crippen LogP contribution in [0.25, 0.3) is 0 Å². The van der Waals surface area contributed by atoms with E-state index < -0.39 is 0 Å². The monoisotopic (exact) mass is 276 g/mol. The molecule has 1 fully saturated rings. The minimum Gasteiger partial charge on any atom is -0.381 e. The van der Waals surface area contributed by atoms with Crippen LogP contribution in [0.4, 0.5) is 0 Å². The number of hydrogen-bond acceptors (Lipinski definition) is 2. The van der Waals surface area contributed by atoms with Crippen molar-refractivity contribution in [1.29, 1.82) is 0 Å². The Labute approximate surface area is 112 Å². The van der Waals surface area contributed by atoms with E-state index in [-0.39, 0.29) is 5.38 Å². The lowest BCUT2D eigenvalue weighted by Crippen LogP contribution is -2.30. The van der Waals surface area contributed by atoms with Gasteiger partial charge in [0.05, 0.1) is 23.0 Å². The van der Waals surface area contributed by atoms with Gasteiger partial charge in [-0.2, -0.15) is 5.10 Å². The van der Waals surface area contributed by atoms with Crippen LogP contribution in [0.15, 0.2) is 0 Å². The van der Waals surface area contributed by atoms with Crippen molar-refractivity contribution >= 4 is 23.2 Å². The van der Waals surface area contributed by atoms with Crippen LogP contribution in [-0.4, -0.2) is 28.4 Å².